The highest BCUT2D eigenvalue weighted by atomic mass is 16.5. The molecule has 0 aromatic heterocycles. The molecule has 1 fully saturated rings. The molecule has 1 heterocycles. The molecule has 1 amide bonds. The summed E-state index contributed by atoms with van der Waals surface area (Å²) in [4.78, 5) is 23.2. The molecule has 1 saturated heterocycles. The van der Waals surface area contributed by atoms with Crippen LogP contribution in [-0.4, -0.2) is 49.5 Å². The van der Waals surface area contributed by atoms with Gasteiger partial charge in [0.2, 0.25) is 0 Å². The molecule has 2 rings (SSSR count). The molecule has 0 aliphatic carbocycles. The van der Waals surface area contributed by atoms with Crippen molar-refractivity contribution in [1.82, 2.24) is 0 Å². The van der Waals surface area contributed by atoms with Crippen LogP contribution in [0.2, 0.25) is 0 Å². The number of carboxylic acid groups (broad SMARTS) is 1. The van der Waals surface area contributed by atoms with Crippen LogP contribution in [0.25, 0.3) is 0 Å². The van der Waals surface area contributed by atoms with Crippen LogP contribution < -0.4 is 10.1 Å². The highest BCUT2D eigenvalue weighted by Gasteiger charge is 2.19. The summed E-state index contributed by atoms with van der Waals surface area (Å²) in [7, 11) is 1.38. The fourth-order valence-corrected chi connectivity index (χ4v) is 2.46. The van der Waals surface area contributed by atoms with Crippen molar-refractivity contribution in [2.75, 3.05) is 25.6 Å². The summed E-state index contributed by atoms with van der Waals surface area (Å²) < 4.78 is 16.2. The van der Waals surface area contributed by atoms with Gasteiger partial charge in [0.05, 0.1) is 19.8 Å². The third kappa shape index (κ3) is 4.94. The summed E-state index contributed by atoms with van der Waals surface area (Å²) >= 11 is 0. The zero-order chi connectivity index (χ0) is 17.5. The molecule has 2 N–H and O–H groups in total. The van der Waals surface area contributed by atoms with E-state index in [1.165, 1.54) is 25.3 Å². The molecule has 1 aliphatic rings. The SMILES string of the molecule is COc1cc(NC(=O)C(C)OCC2CCCCO2)ccc1C(=O)O. The standard InChI is InChI=1S/C17H23NO6/c1-11(24-10-13-5-3-4-8-23-13)16(19)18-12-6-7-14(17(20)21)15(9-12)22-2/h6-7,9,11,13H,3-5,8,10H2,1-2H3,(H,18,19)(H,20,21). The van der Waals surface area contributed by atoms with E-state index >= 15 is 0 Å². The Kier molecular flexibility index (Phi) is 6.57. The average Bonchev–Trinajstić information content (AvgIpc) is 2.60. The van der Waals surface area contributed by atoms with Crippen LogP contribution >= 0.6 is 0 Å². The number of hydrogen-bond acceptors (Lipinski definition) is 5. The van der Waals surface area contributed by atoms with Crippen molar-refractivity contribution in [3.8, 4) is 5.75 Å². The maximum absolute atomic E-state index is 12.2. The topological polar surface area (TPSA) is 94.1 Å². The molecule has 1 aromatic rings. The lowest BCUT2D eigenvalue weighted by atomic mass is 10.1. The van der Waals surface area contributed by atoms with Gasteiger partial charge < -0.3 is 24.6 Å². The number of hydrogen-bond donors (Lipinski definition) is 2. The molecule has 24 heavy (non-hydrogen) atoms. The van der Waals surface area contributed by atoms with E-state index in [1.54, 1.807) is 6.92 Å². The molecule has 0 saturated carbocycles. The van der Waals surface area contributed by atoms with Crippen LogP contribution in [0.1, 0.15) is 36.5 Å². The molecule has 7 nitrogen and oxygen atoms in total. The first-order valence-electron chi connectivity index (χ1n) is 7.96. The third-order valence-corrected chi connectivity index (χ3v) is 3.87. The third-order valence-electron chi connectivity index (χ3n) is 3.87. The van der Waals surface area contributed by atoms with Crippen LogP contribution in [0.4, 0.5) is 5.69 Å². The lowest BCUT2D eigenvalue weighted by molar-refractivity contribution is -0.130. The Labute approximate surface area is 140 Å². The van der Waals surface area contributed by atoms with E-state index in [4.69, 9.17) is 19.3 Å². The maximum Gasteiger partial charge on any atom is 0.339 e. The van der Waals surface area contributed by atoms with Gasteiger partial charge in [-0.1, -0.05) is 0 Å². The fourth-order valence-electron chi connectivity index (χ4n) is 2.46. The zero-order valence-electron chi connectivity index (χ0n) is 13.9. The Morgan fingerprint density at radius 3 is 2.83 bits per heavy atom. The summed E-state index contributed by atoms with van der Waals surface area (Å²) in [5, 5.41) is 11.7. The largest absolute Gasteiger partial charge is 0.496 e. The quantitative estimate of drug-likeness (QED) is 0.793. The molecule has 2 unspecified atom stereocenters. The van der Waals surface area contributed by atoms with Crippen molar-refractivity contribution in [2.24, 2.45) is 0 Å². The van der Waals surface area contributed by atoms with Gasteiger partial charge in [0.25, 0.3) is 5.91 Å². The summed E-state index contributed by atoms with van der Waals surface area (Å²) in [5.41, 5.74) is 0.487. The second-order valence-electron chi connectivity index (χ2n) is 5.67. The lowest BCUT2D eigenvalue weighted by Gasteiger charge is -2.24. The van der Waals surface area contributed by atoms with E-state index in [9.17, 15) is 9.59 Å². The van der Waals surface area contributed by atoms with Crippen LogP contribution in [0, 0.1) is 0 Å². The van der Waals surface area contributed by atoms with Crippen molar-refractivity contribution in [1.29, 1.82) is 0 Å². The number of nitrogens with one attached hydrogen (secondary N) is 1. The lowest BCUT2D eigenvalue weighted by Crippen LogP contribution is -2.32. The molecule has 0 spiro atoms. The molecule has 132 valence electrons. The fraction of sp³-hybridized carbons (Fsp3) is 0.529. The highest BCUT2D eigenvalue weighted by Crippen LogP contribution is 2.23. The van der Waals surface area contributed by atoms with Crippen molar-refractivity contribution in [3.63, 3.8) is 0 Å². The van der Waals surface area contributed by atoms with E-state index in [-0.39, 0.29) is 23.3 Å². The Hall–Kier alpha value is -2.12. The van der Waals surface area contributed by atoms with Crippen molar-refractivity contribution in [2.45, 2.75) is 38.4 Å². The summed E-state index contributed by atoms with van der Waals surface area (Å²) in [6.45, 7) is 2.79. The molecule has 0 radical (unpaired) electrons. The summed E-state index contributed by atoms with van der Waals surface area (Å²) in [6, 6.07) is 4.37. The number of aromatic carboxylic acids is 1. The normalized spacial score (nSPS) is 18.7. The predicted octanol–water partition coefficient (Wildman–Crippen LogP) is 2.31. The van der Waals surface area contributed by atoms with Gasteiger partial charge in [-0.05, 0) is 38.3 Å². The minimum absolute atomic E-state index is 0.0363. The first-order valence-corrected chi connectivity index (χ1v) is 7.96. The molecule has 1 aliphatic heterocycles. The first kappa shape index (κ1) is 18.2. The molecule has 1 aromatic carbocycles. The van der Waals surface area contributed by atoms with E-state index in [2.05, 4.69) is 5.32 Å². The highest BCUT2D eigenvalue weighted by molar-refractivity contribution is 5.96. The number of carbonyl (C=O) groups is 2. The Morgan fingerprint density at radius 1 is 1.42 bits per heavy atom. The number of ether oxygens (including phenoxy) is 3. The number of benzene rings is 1. The first-order chi connectivity index (χ1) is 11.5. The van der Waals surface area contributed by atoms with Crippen molar-refractivity contribution >= 4 is 17.6 Å². The number of methoxy groups -OCH3 is 1. The van der Waals surface area contributed by atoms with Crippen LogP contribution in [0.15, 0.2) is 18.2 Å². The Morgan fingerprint density at radius 2 is 2.21 bits per heavy atom. The van der Waals surface area contributed by atoms with Crippen molar-refractivity contribution < 1.29 is 28.9 Å². The van der Waals surface area contributed by atoms with Gasteiger partial charge in [0.15, 0.2) is 0 Å². The predicted molar refractivity (Wildman–Crippen MR) is 87.6 cm³/mol. The number of anilines is 1. The summed E-state index contributed by atoms with van der Waals surface area (Å²) in [5.74, 6) is -1.21. The van der Waals surface area contributed by atoms with E-state index in [1.807, 2.05) is 0 Å². The van der Waals surface area contributed by atoms with Crippen molar-refractivity contribution in [3.05, 3.63) is 23.8 Å². The number of rotatable bonds is 7. The van der Waals surface area contributed by atoms with Gasteiger partial charge in [-0.15, -0.1) is 0 Å². The molecule has 0 bridgehead atoms. The second kappa shape index (κ2) is 8.65. The van der Waals surface area contributed by atoms with Gasteiger partial charge in [-0.3, -0.25) is 4.79 Å². The molecular formula is C17H23NO6. The smallest absolute Gasteiger partial charge is 0.339 e. The maximum atomic E-state index is 12.2. The second-order valence-corrected chi connectivity index (χ2v) is 5.67. The number of carbonyl (C=O) groups excluding carboxylic acids is 1. The number of amides is 1. The van der Waals surface area contributed by atoms with E-state index in [0.29, 0.717) is 12.3 Å². The minimum atomic E-state index is -1.09. The van der Waals surface area contributed by atoms with Gasteiger partial charge in [0.1, 0.15) is 17.4 Å². The van der Waals surface area contributed by atoms with Gasteiger partial charge in [0, 0.05) is 18.4 Å². The zero-order valence-corrected chi connectivity index (χ0v) is 13.9. The van der Waals surface area contributed by atoms with E-state index in [0.717, 1.165) is 25.9 Å². The average molecular weight is 337 g/mol. The van der Waals surface area contributed by atoms with Gasteiger partial charge >= 0.3 is 5.97 Å². The monoisotopic (exact) mass is 337 g/mol. The van der Waals surface area contributed by atoms with Crippen LogP contribution in [-0.2, 0) is 14.3 Å². The van der Waals surface area contributed by atoms with Crippen LogP contribution in [0.3, 0.4) is 0 Å². The van der Waals surface area contributed by atoms with E-state index < -0.39 is 12.1 Å². The molecular weight excluding hydrogens is 314 g/mol. The molecule has 2 atom stereocenters. The van der Waals surface area contributed by atoms with Gasteiger partial charge in [-0.25, -0.2) is 4.79 Å². The molecule has 7 heteroatoms. The Balaban J connectivity index is 1.89. The van der Waals surface area contributed by atoms with Crippen LogP contribution in [0.5, 0.6) is 5.75 Å². The Bertz CT molecular complexity index is 582. The van der Waals surface area contributed by atoms with Gasteiger partial charge in [-0.2, -0.15) is 0 Å². The summed E-state index contributed by atoms with van der Waals surface area (Å²) in [6.07, 6.45) is 2.54. The minimum Gasteiger partial charge on any atom is -0.496 e. The number of carboxylic acids is 1.